The van der Waals surface area contributed by atoms with Crippen molar-refractivity contribution in [3.05, 3.63) is 29.8 Å². The number of urea groups is 1. The molecule has 0 unspecified atom stereocenters. The minimum absolute atomic E-state index is 0.0676. The highest BCUT2D eigenvalue weighted by Crippen LogP contribution is 2.16. The molecule has 2 amide bonds. The summed E-state index contributed by atoms with van der Waals surface area (Å²) in [6.45, 7) is 0.395. The number of hydrogen-bond acceptors (Lipinski definition) is 3. The third-order valence-corrected chi connectivity index (χ3v) is 4.14. The Morgan fingerprint density at radius 2 is 1.81 bits per heavy atom. The molecular weight excluding hydrogens is 306 g/mol. The molecule has 21 heavy (non-hydrogen) atoms. The van der Waals surface area contributed by atoms with E-state index in [9.17, 15) is 22.0 Å². The molecule has 2 rings (SSSR count). The van der Waals surface area contributed by atoms with E-state index in [0.717, 1.165) is 16.4 Å². The number of nitrogens with two attached hydrogens (primary N) is 1. The van der Waals surface area contributed by atoms with Crippen molar-refractivity contribution in [2.45, 2.75) is 0 Å². The number of piperazine rings is 1. The Hall–Kier alpha value is -1.78. The van der Waals surface area contributed by atoms with Crippen molar-refractivity contribution in [2.75, 3.05) is 31.5 Å². The molecule has 0 aliphatic carbocycles. The Morgan fingerprint density at radius 1 is 1.19 bits per heavy atom. The molecule has 7 nitrogen and oxygen atoms in total. The van der Waals surface area contributed by atoms with Gasteiger partial charge in [0.15, 0.2) is 0 Å². The minimum Gasteiger partial charge on any atom is -0.322 e. The maximum absolute atomic E-state index is 13.4. The van der Waals surface area contributed by atoms with E-state index in [1.54, 1.807) is 0 Å². The molecule has 0 spiro atoms. The normalized spacial score (nSPS) is 16.8. The zero-order valence-electron chi connectivity index (χ0n) is 10.9. The maximum atomic E-state index is 13.4. The molecule has 0 saturated carbocycles. The van der Waals surface area contributed by atoms with Crippen LogP contribution < -0.4 is 10.5 Å². The summed E-state index contributed by atoms with van der Waals surface area (Å²) in [5, 5.41) is 7.29. The van der Waals surface area contributed by atoms with Crippen LogP contribution in [0.2, 0.25) is 0 Å². The van der Waals surface area contributed by atoms with E-state index >= 15 is 0 Å². The first-order chi connectivity index (χ1) is 9.77. The second kappa shape index (κ2) is 5.92. The number of nitrogens with zero attached hydrogens (tertiary/aromatic N) is 2. The zero-order valence-corrected chi connectivity index (χ0v) is 11.7. The van der Waals surface area contributed by atoms with E-state index in [4.69, 9.17) is 5.14 Å². The Labute approximate surface area is 120 Å². The lowest BCUT2D eigenvalue weighted by atomic mass is 10.3. The van der Waals surface area contributed by atoms with Crippen LogP contribution in [0.15, 0.2) is 18.2 Å². The summed E-state index contributed by atoms with van der Waals surface area (Å²) in [5.74, 6) is -1.63. The molecule has 1 aliphatic heterocycles. The van der Waals surface area contributed by atoms with Gasteiger partial charge in [-0.15, -0.1) is 0 Å². The Bertz CT molecular complexity index is 645. The van der Waals surface area contributed by atoms with E-state index in [1.807, 2.05) is 0 Å². The maximum Gasteiger partial charge on any atom is 0.322 e. The summed E-state index contributed by atoms with van der Waals surface area (Å²) >= 11 is 0. The molecule has 3 N–H and O–H groups in total. The van der Waals surface area contributed by atoms with E-state index in [1.165, 1.54) is 4.90 Å². The second-order valence-electron chi connectivity index (χ2n) is 4.49. The van der Waals surface area contributed by atoms with Gasteiger partial charge in [0.25, 0.3) is 10.2 Å². The van der Waals surface area contributed by atoms with Gasteiger partial charge in [0.05, 0.1) is 5.69 Å². The molecule has 0 aromatic heterocycles. The topological polar surface area (TPSA) is 95.7 Å². The number of amides is 2. The molecule has 1 aromatic carbocycles. The quantitative estimate of drug-likeness (QED) is 0.821. The number of hydrogen-bond donors (Lipinski definition) is 2. The van der Waals surface area contributed by atoms with Crippen LogP contribution in [0.3, 0.4) is 0 Å². The van der Waals surface area contributed by atoms with Crippen LogP contribution in [0.4, 0.5) is 19.3 Å². The summed E-state index contributed by atoms with van der Waals surface area (Å²) in [5.41, 5.74) is -0.143. The number of benzene rings is 1. The van der Waals surface area contributed by atoms with Gasteiger partial charge in [0.1, 0.15) is 11.6 Å². The highest BCUT2D eigenvalue weighted by atomic mass is 32.2. The number of halogens is 2. The first-order valence-corrected chi connectivity index (χ1v) is 7.56. The van der Waals surface area contributed by atoms with Crippen molar-refractivity contribution in [1.29, 1.82) is 0 Å². The molecule has 0 bridgehead atoms. The molecule has 1 saturated heterocycles. The van der Waals surface area contributed by atoms with Gasteiger partial charge in [-0.2, -0.15) is 12.7 Å². The van der Waals surface area contributed by atoms with Crippen molar-refractivity contribution in [3.8, 4) is 0 Å². The smallest absolute Gasteiger partial charge is 0.322 e. The van der Waals surface area contributed by atoms with Gasteiger partial charge in [-0.25, -0.2) is 18.7 Å². The van der Waals surface area contributed by atoms with Crippen LogP contribution in [0.5, 0.6) is 0 Å². The fourth-order valence-electron chi connectivity index (χ4n) is 1.93. The highest BCUT2D eigenvalue weighted by Gasteiger charge is 2.26. The van der Waals surface area contributed by atoms with E-state index < -0.39 is 27.9 Å². The molecule has 10 heteroatoms. The van der Waals surface area contributed by atoms with Crippen molar-refractivity contribution >= 4 is 21.9 Å². The van der Waals surface area contributed by atoms with Gasteiger partial charge in [-0.05, 0) is 12.1 Å². The van der Waals surface area contributed by atoms with Gasteiger partial charge >= 0.3 is 6.03 Å². The van der Waals surface area contributed by atoms with Crippen molar-refractivity contribution < 1.29 is 22.0 Å². The molecule has 1 fully saturated rings. The van der Waals surface area contributed by atoms with Crippen LogP contribution >= 0.6 is 0 Å². The van der Waals surface area contributed by atoms with Gasteiger partial charge in [0.2, 0.25) is 0 Å². The van der Waals surface area contributed by atoms with Crippen LogP contribution in [-0.2, 0) is 10.2 Å². The lowest BCUT2D eigenvalue weighted by Crippen LogP contribution is -2.53. The number of anilines is 1. The Kier molecular flexibility index (Phi) is 4.40. The Balaban J connectivity index is 1.96. The number of carbonyl (C=O) groups excluding carboxylic acids is 1. The van der Waals surface area contributed by atoms with Crippen LogP contribution in [0.1, 0.15) is 0 Å². The van der Waals surface area contributed by atoms with Gasteiger partial charge in [0, 0.05) is 32.2 Å². The van der Waals surface area contributed by atoms with Crippen LogP contribution in [0.25, 0.3) is 0 Å². The van der Waals surface area contributed by atoms with E-state index in [2.05, 4.69) is 5.32 Å². The first kappa shape index (κ1) is 15.6. The monoisotopic (exact) mass is 320 g/mol. The molecule has 1 heterocycles. The number of carbonyl (C=O) groups is 1. The second-order valence-corrected chi connectivity index (χ2v) is 6.03. The molecule has 0 atom stereocenters. The zero-order chi connectivity index (χ0) is 15.6. The van der Waals surface area contributed by atoms with Crippen LogP contribution in [-0.4, -0.2) is 49.8 Å². The predicted molar refractivity (Wildman–Crippen MR) is 71.6 cm³/mol. The molecule has 1 aliphatic rings. The number of nitrogens with one attached hydrogen (secondary N) is 1. The summed E-state index contributed by atoms with van der Waals surface area (Å²) in [7, 11) is -3.77. The first-order valence-electron chi connectivity index (χ1n) is 6.06. The van der Waals surface area contributed by atoms with Gasteiger partial charge in [-0.3, -0.25) is 0 Å². The SMILES string of the molecule is NS(=O)(=O)N1CCN(C(=O)Nc2ccc(F)cc2F)CC1. The molecule has 0 radical (unpaired) electrons. The van der Waals surface area contributed by atoms with Crippen LogP contribution in [0, 0.1) is 11.6 Å². The fraction of sp³-hybridized carbons (Fsp3) is 0.364. The molecular formula is C11H14F2N4O3S. The Morgan fingerprint density at radius 3 is 2.33 bits per heavy atom. The minimum atomic E-state index is -3.77. The average Bonchev–Trinajstić information content (AvgIpc) is 2.41. The summed E-state index contributed by atoms with van der Waals surface area (Å²) in [6.07, 6.45) is 0. The fourth-order valence-corrected chi connectivity index (χ4v) is 2.60. The highest BCUT2D eigenvalue weighted by molar-refractivity contribution is 7.86. The van der Waals surface area contributed by atoms with E-state index in [-0.39, 0.29) is 31.9 Å². The average molecular weight is 320 g/mol. The third-order valence-electron chi connectivity index (χ3n) is 3.06. The largest absolute Gasteiger partial charge is 0.322 e. The van der Waals surface area contributed by atoms with Crippen molar-refractivity contribution in [3.63, 3.8) is 0 Å². The lowest BCUT2D eigenvalue weighted by molar-refractivity contribution is 0.184. The summed E-state index contributed by atoms with van der Waals surface area (Å²) in [4.78, 5) is 13.2. The van der Waals surface area contributed by atoms with E-state index in [0.29, 0.717) is 6.07 Å². The van der Waals surface area contributed by atoms with Crippen molar-refractivity contribution in [2.24, 2.45) is 5.14 Å². The van der Waals surface area contributed by atoms with Gasteiger partial charge < -0.3 is 10.2 Å². The molecule has 116 valence electrons. The predicted octanol–water partition coefficient (Wildman–Crippen LogP) is 0.318. The lowest BCUT2D eigenvalue weighted by Gasteiger charge is -2.32. The summed E-state index contributed by atoms with van der Waals surface area (Å²) < 4.78 is 49.5. The number of rotatable bonds is 2. The molecule has 1 aromatic rings. The van der Waals surface area contributed by atoms with Crippen molar-refractivity contribution in [1.82, 2.24) is 9.21 Å². The van der Waals surface area contributed by atoms with Gasteiger partial charge in [-0.1, -0.05) is 0 Å². The third kappa shape index (κ3) is 3.86. The summed E-state index contributed by atoms with van der Waals surface area (Å²) in [6, 6.07) is 2.21. The standard InChI is InChI=1S/C11H14F2N4O3S/c12-8-1-2-10(9(13)7-8)15-11(18)16-3-5-17(6-4-16)21(14,19)20/h1-2,7H,3-6H2,(H,15,18)(H2,14,19,20).